The maximum absolute atomic E-state index is 12.4. The van der Waals surface area contributed by atoms with Gasteiger partial charge in [0, 0.05) is 31.3 Å². The van der Waals surface area contributed by atoms with Crippen LogP contribution in [0.25, 0.3) is 0 Å². The molecule has 2 rings (SSSR count). The fraction of sp³-hybridized carbons (Fsp3) is 0.435. The molecule has 2 aromatic carbocycles. The number of carbonyl (C=O) groups is 1. The molecule has 0 unspecified atom stereocenters. The van der Waals surface area contributed by atoms with Gasteiger partial charge in [0.2, 0.25) is 5.91 Å². The van der Waals surface area contributed by atoms with Crippen LogP contribution in [0.3, 0.4) is 0 Å². The third-order valence-corrected chi connectivity index (χ3v) is 4.70. The molecule has 0 bridgehead atoms. The van der Waals surface area contributed by atoms with Crippen LogP contribution in [0.2, 0.25) is 0 Å². The van der Waals surface area contributed by atoms with Gasteiger partial charge in [-0.15, -0.1) is 0 Å². The molecule has 0 aliphatic carbocycles. The predicted molar refractivity (Wildman–Crippen MR) is 112 cm³/mol. The van der Waals surface area contributed by atoms with Crippen molar-refractivity contribution in [2.45, 2.75) is 39.5 Å². The lowest BCUT2D eigenvalue weighted by Gasteiger charge is -2.26. The zero-order valence-electron chi connectivity index (χ0n) is 16.6. The fourth-order valence-electron chi connectivity index (χ4n) is 3.29. The van der Waals surface area contributed by atoms with Crippen LogP contribution in [0.1, 0.15) is 38.7 Å². The van der Waals surface area contributed by atoms with Crippen LogP contribution in [0.15, 0.2) is 54.6 Å². The van der Waals surface area contributed by atoms with Crippen molar-refractivity contribution in [1.29, 1.82) is 0 Å². The van der Waals surface area contributed by atoms with E-state index in [0.717, 1.165) is 44.6 Å². The fourth-order valence-corrected chi connectivity index (χ4v) is 3.29. The summed E-state index contributed by atoms with van der Waals surface area (Å²) >= 11 is 0. The maximum Gasteiger partial charge on any atom is 0.226 e. The number of hydrogen-bond donors (Lipinski definition) is 1. The van der Waals surface area contributed by atoms with Crippen LogP contribution in [0, 0.1) is 0 Å². The summed E-state index contributed by atoms with van der Waals surface area (Å²) in [5, 5.41) is 9.73. The number of phenols is 1. The molecule has 0 spiro atoms. The average Bonchev–Trinajstić information content (AvgIpc) is 2.69. The van der Waals surface area contributed by atoms with E-state index in [0.29, 0.717) is 13.0 Å². The number of anilines is 1. The Bertz CT molecular complexity index is 688. The largest absolute Gasteiger partial charge is 0.508 e. The number of phenolic OH excluding ortho intramolecular Hbond substituents is 1. The highest BCUT2D eigenvalue weighted by molar-refractivity contribution is 5.93. The molecule has 0 saturated heterocycles. The van der Waals surface area contributed by atoms with E-state index in [-0.39, 0.29) is 11.7 Å². The first-order chi connectivity index (χ1) is 13.1. The molecule has 1 N–H and O–H groups in total. The molecular formula is C23H32N2O2. The Hall–Kier alpha value is -2.33. The van der Waals surface area contributed by atoms with Crippen LogP contribution >= 0.6 is 0 Å². The normalized spacial score (nSPS) is 10.9. The van der Waals surface area contributed by atoms with Crippen LogP contribution in [-0.2, 0) is 11.2 Å². The summed E-state index contributed by atoms with van der Waals surface area (Å²) in [6, 6.07) is 17.5. The summed E-state index contributed by atoms with van der Waals surface area (Å²) in [5.41, 5.74) is 2.13. The summed E-state index contributed by atoms with van der Waals surface area (Å²) in [7, 11) is 0. The number of rotatable bonds is 11. The Morgan fingerprint density at radius 2 is 1.70 bits per heavy atom. The van der Waals surface area contributed by atoms with Crippen molar-refractivity contribution in [2.24, 2.45) is 0 Å². The molecular weight excluding hydrogens is 336 g/mol. The topological polar surface area (TPSA) is 43.8 Å². The SMILES string of the molecule is CCCN(CCCN(C(=O)CC)c1cccc(O)c1)CCc1ccccc1. The third kappa shape index (κ3) is 7.06. The van der Waals surface area contributed by atoms with Gasteiger partial charge in [0.1, 0.15) is 5.75 Å². The van der Waals surface area contributed by atoms with Crippen molar-refractivity contribution < 1.29 is 9.90 Å². The minimum Gasteiger partial charge on any atom is -0.508 e. The molecule has 0 aliphatic heterocycles. The van der Waals surface area contributed by atoms with Gasteiger partial charge in [0.15, 0.2) is 0 Å². The Balaban J connectivity index is 1.91. The van der Waals surface area contributed by atoms with Crippen LogP contribution in [0.5, 0.6) is 5.75 Å². The zero-order valence-corrected chi connectivity index (χ0v) is 16.6. The van der Waals surface area contributed by atoms with Gasteiger partial charge in [0.25, 0.3) is 0 Å². The standard InChI is InChI=1S/C23H32N2O2/c1-3-15-24(18-14-20-10-6-5-7-11-20)16-9-17-25(23(27)4-2)21-12-8-13-22(26)19-21/h5-8,10-13,19,26H,3-4,9,14-18H2,1-2H3. The number of amides is 1. The van der Waals surface area contributed by atoms with Crippen molar-refractivity contribution >= 4 is 11.6 Å². The van der Waals surface area contributed by atoms with E-state index in [9.17, 15) is 9.90 Å². The molecule has 0 aliphatic rings. The van der Waals surface area contributed by atoms with E-state index in [4.69, 9.17) is 0 Å². The van der Waals surface area contributed by atoms with E-state index in [1.54, 1.807) is 23.1 Å². The Labute approximate surface area is 163 Å². The summed E-state index contributed by atoms with van der Waals surface area (Å²) in [5.74, 6) is 0.281. The maximum atomic E-state index is 12.4. The number of nitrogens with zero attached hydrogens (tertiary/aromatic N) is 2. The van der Waals surface area contributed by atoms with Crippen molar-refractivity contribution in [3.8, 4) is 5.75 Å². The monoisotopic (exact) mass is 368 g/mol. The summed E-state index contributed by atoms with van der Waals surface area (Å²) < 4.78 is 0. The Kier molecular flexibility index (Phi) is 8.85. The van der Waals surface area contributed by atoms with Gasteiger partial charge in [0.05, 0.1) is 0 Å². The van der Waals surface area contributed by atoms with E-state index >= 15 is 0 Å². The van der Waals surface area contributed by atoms with Gasteiger partial charge in [-0.05, 0) is 50.0 Å². The number of carbonyl (C=O) groups excluding carboxylic acids is 1. The third-order valence-electron chi connectivity index (χ3n) is 4.70. The lowest BCUT2D eigenvalue weighted by molar-refractivity contribution is -0.118. The van der Waals surface area contributed by atoms with Crippen LogP contribution in [-0.4, -0.2) is 42.1 Å². The van der Waals surface area contributed by atoms with Crippen LogP contribution in [0.4, 0.5) is 5.69 Å². The smallest absolute Gasteiger partial charge is 0.226 e. The second kappa shape index (κ2) is 11.4. The first-order valence-corrected chi connectivity index (χ1v) is 9.99. The highest BCUT2D eigenvalue weighted by atomic mass is 16.3. The molecule has 4 nitrogen and oxygen atoms in total. The Morgan fingerprint density at radius 1 is 0.926 bits per heavy atom. The van der Waals surface area contributed by atoms with E-state index in [1.165, 1.54) is 5.56 Å². The molecule has 27 heavy (non-hydrogen) atoms. The second-order valence-electron chi connectivity index (χ2n) is 6.85. The van der Waals surface area contributed by atoms with Crippen molar-refractivity contribution in [1.82, 2.24) is 4.90 Å². The van der Waals surface area contributed by atoms with Gasteiger partial charge >= 0.3 is 0 Å². The lowest BCUT2D eigenvalue weighted by Crippen LogP contribution is -2.35. The van der Waals surface area contributed by atoms with Crippen molar-refractivity contribution in [2.75, 3.05) is 31.1 Å². The quantitative estimate of drug-likeness (QED) is 0.636. The molecule has 2 aromatic rings. The first kappa shape index (κ1) is 21.0. The number of aromatic hydroxyl groups is 1. The Morgan fingerprint density at radius 3 is 2.37 bits per heavy atom. The first-order valence-electron chi connectivity index (χ1n) is 9.99. The summed E-state index contributed by atoms with van der Waals surface area (Å²) in [6.07, 6.45) is 3.54. The molecule has 0 fully saturated rings. The minimum absolute atomic E-state index is 0.0897. The second-order valence-corrected chi connectivity index (χ2v) is 6.85. The van der Waals surface area contributed by atoms with Crippen molar-refractivity contribution in [3.05, 3.63) is 60.2 Å². The predicted octanol–water partition coefficient (Wildman–Crippen LogP) is 4.48. The van der Waals surface area contributed by atoms with E-state index < -0.39 is 0 Å². The molecule has 0 atom stereocenters. The van der Waals surface area contributed by atoms with Crippen LogP contribution < -0.4 is 4.90 Å². The summed E-state index contributed by atoms with van der Waals surface area (Å²) in [4.78, 5) is 16.6. The highest BCUT2D eigenvalue weighted by Gasteiger charge is 2.15. The lowest BCUT2D eigenvalue weighted by atomic mass is 10.1. The van der Waals surface area contributed by atoms with E-state index in [1.807, 2.05) is 19.1 Å². The molecule has 0 aromatic heterocycles. The van der Waals surface area contributed by atoms with Gasteiger partial charge in [-0.25, -0.2) is 0 Å². The molecule has 0 saturated carbocycles. The van der Waals surface area contributed by atoms with E-state index in [2.05, 4.69) is 36.1 Å². The molecule has 4 heteroatoms. The minimum atomic E-state index is 0.0897. The average molecular weight is 369 g/mol. The molecule has 146 valence electrons. The number of hydrogen-bond acceptors (Lipinski definition) is 3. The van der Waals surface area contributed by atoms with Crippen molar-refractivity contribution in [3.63, 3.8) is 0 Å². The molecule has 0 heterocycles. The summed E-state index contributed by atoms with van der Waals surface area (Å²) in [6.45, 7) is 7.82. The highest BCUT2D eigenvalue weighted by Crippen LogP contribution is 2.21. The van der Waals surface area contributed by atoms with Gasteiger partial charge < -0.3 is 14.9 Å². The zero-order chi connectivity index (χ0) is 19.5. The van der Waals surface area contributed by atoms with Gasteiger partial charge in [-0.1, -0.05) is 50.2 Å². The van der Waals surface area contributed by atoms with Gasteiger partial charge in [-0.3, -0.25) is 4.79 Å². The molecule has 1 amide bonds. The number of benzene rings is 2. The van der Waals surface area contributed by atoms with Gasteiger partial charge in [-0.2, -0.15) is 0 Å². The molecule has 0 radical (unpaired) electrons.